The number of hydrogen-bond donors (Lipinski definition) is 1. The molecular formula is C13H17NOS. The summed E-state index contributed by atoms with van der Waals surface area (Å²) >= 11 is 2.07. The van der Waals surface area contributed by atoms with Crippen molar-refractivity contribution in [2.24, 2.45) is 0 Å². The number of nitrogens with one attached hydrogen (secondary N) is 1. The van der Waals surface area contributed by atoms with Gasteiger partial charge in [-0.25, -0.2) is 0 Å². The molecule has 1 fully saturated rings. The average molecular weight is 235 g/mol. The topological polar surface area (TPSA) is 21.3 Å². The third-order valence-corrected chi connectivity index (χ3v) is 5.24. The van der Waals surface area contributed by atoms with Crippen LogP contribution in [-0.2, 0) is 6.42 Å². The number of methoxy groups -OCH3 is 1. The van der Waals surface area contributed by atoms with E-state index in [0.717, 1.165) is 18.8 Å². The van der Waals surface area contributed by atoms with E-state index in [1.807, 2.05) is 0 Å². The molecule has 0 unspecified atom stereocenters. The first kappa shape index (κ1) is 10.5. The average Bonchev–Trinajstić information content (AvgIpc) is 2.67. The van der Waals surface area contributed by atoms with Gasteiger partial charge in [-0.15, -0.1) is 11.8 Å². The quantitative estimate of drug-likeness (QED) is 0.808. The van der Waals surface area contributed by atoms with Crippen molar-refractivity contribution in [2.75, 3.05) is 20.2 Å². The van der Waals surface area contributed by atoms with E-state index < -0.39 is 0 Å². The number of ether oxygens (including phenoxy) is 1. The molecule has 1 N–H and O–H groups in total. The maximum atomic E-state index is 5.46. The molecule has 0 aliphatic carbocycles. The summed E-state index contributed by atoms with van der Waals surface area (Å²) in [7, 11) is 1.77. The summed E-state index contributed by atoms with van der Waals surface area (Å²) in [5.41, 5.74) is 1.43. The Morgan fingerprint density at radius 1 is 1.31 bits per heavy atom. The first-order valence-electron chi connectivity index (χ1n) is 5.89. The highest BCUT2D eigenvalue weighted by molar-refractivity contribution is 8.01. The second kappa shape index (κ2) is 3.97. The zero-order chi connectivity index (χ0) is 11.0. The van der Waals surface area contributed by atoms with Crippen LogP contribution in [0.25, 0.3) is 0 Å². The lowest BCUT2D eigenvalue weighted by atomic mass is 9.90. The highest BCUT2D eigenvalue weighted by Gasteiger charge is 2.40. The molecule has 2 heterocycles. The first-order chi connectivity index (χ1) is 7.83. The fourth-order valence-corrected chi connectivity index (χ4v) is 4.29. The van der Waals surface area contributed by atoms with E-state index in [1.54, 1.807) is 7.11 Å². The van der Waals surface area contributed by atoms with Gasteiger partial charge >= 0.3 is 0 Å². The predicted octanol–water partition coefficient (Wildman–Crippen LogP) is 2.47. The van der Waals surface area contributed by atoms with Crippen molar-refractivity contribution < 1.29 is 4.74 Å². The zero-order valence-electron chi connectivity index (χ0n) is 9.58. The largest absolute Gasteiger partial charge is 0.496 e. The second-order valence-corrected chi connectivity index (χ2v) is 6.16. The van der Waals surface area contributed by atoms with Crippen LogP contribution < -0.4 is 10.1 Å². The van der Waals surface area contributed by atoms with Crippen molar-refractivity contribution in [3.63, 3.8) is 0 Å². The molecule has 2 aliphatic rings. The number of thioether (sulfide) groups is 1. The van der Waals surface area contributed by atoms with Crippen LogP contribution in [0.2, 0.25) is 0 Å². The monoisotopic (exact) mass is 235 g/mol. The van der Waals surface area contributed by atoms with E-state index in [-0.39, 0.29) is 0 Å². The van der Waals surface area contributed by atoms with E-state index in [0.29, 0.717) is 4.75 Å². The second-order valence-electron chi connectivity index (χ2n) is 4.65. The van der Waals surface area contributed by atoms with Gasteiger partial charge in [0.2, 0.25) is 0 Å². The fraction of sp³-hybridized carbons (Fsp3) is 0.538. The van der Waals surface area contributed by atoms with E-state index in [2.05, 4.69) is 35.3 Å². The number of rotatable bonds is 1. The highest BCUT2D eigenvalue weighted by Crippen LogP contribution is 2.52. The van der Waals surface area contributed by atoms with Crippen molar-refractivity contribution in [3.05, 3.63) is 23.8 Å². The van der Waals surface area contributed by atoms with Crippen LogP contribution in [0.1, 0.15) is 18.4 Å². The van der Waals surface area contributed by atoms with Gasteiger partial charge in [0, 0.05) is 15.2 Å². The molecule has 0 radical (unpaired) electrons. The minimum absolute atomic E-state index is 0.447. The summed E-state index contributed by atoms with van der Waals surface area (Å²) in [5, 5.41) is 3.45. The van der Waals surface area contributed by atoms with Gasteiger partial charge in [-0.1, -0.05) is 6.07 Å². The molecule has 3 heteroatoms. The summed E-state index contributed by atoms with van der Waals surface area (Å²) in [4.78, 5) is 1.43. The van der Waals surface area contributed by atoms with E-state index in [9.17, 15) is 0 Å². The SMILES string of the molecule is COc1cccc2c1CC1(CCNCC1)S2. The Kier molecular flexibility index (Phi) is 2.60. The molecule has 1 spiro atoms. The lowest BCUT2D eigenvalue weighted by molar-refractivity contribution is 0.391. The molecule has 0 saturated carbocycles. The molecular weight excluding hydrogens is 218 g/mol. The minimum Gasteiger partial charge on any atom is -0.496 e. The van der Waals surface area contributed by atoms with Crippen LogP contribution in [0.15, 0.2) is 23.1 Å². The van der Waals surface area contributed by atoms with Gasteiger partial charge in [0.25, 0.3) is 0 Å². The lowest BCUT2D eigenvalue weighted by Gasteiger charge is -2.32. The van der Waals surface area contributed by atoms with Crippen molar-refractivity contribution in [1.82, 2.24) is 5.32 Å². The Morgan fingerprint density at radius 2 is 2.12 bits per heavy atom. The molecule has 0 bridgehead atoms. The lowest BCUT2D eigenvalue weighted by Crippen LogP contribution is -2.39. The predicted molar refractivity (Wildman–Crippen MR) is 67.4 cm³/mol. The molecule has 0 atom stereocenters. The highest BCUT2D eigenvalue weighted by atomic mass is 32.2. The molecule has 16 heavy (non-hydrogen) atoms. The van der Waals surface area contributed by atoms with Crippen molar-refractivity contribution in [2.45, 2.75) is 28.9 Å². The van der Waals surface area contributed by atoms with Crippen LogP contribution in [0.5, 0.6) is 5.75 Å². The summed E-state index contributed by atoms with van der Waals surface area (Å²) in [6, 6.07) is 6.42. The Balaban J connectivity index is 1.93. The number of benzene rings is 1. The van der Waals surface area contributed by atoms with Gasteiger partial charge in [-0.3, -0.25) is 0 Å². The van der Waals surface area contributed by atoms with Crippen LogP contribution in [0, 0.1) is 0 Å². The van der Waals surface area contributed by atoms with Gasteiger partial charge in [-0.2, -0.15) is 0 Å². The third-order valence-electron chi connectivity index (χ3n) is 3.65. The van der Waals surface area contributed by atoms with Gasteiger partial charge < -0.3 is 10.1 Å². The molecule has 0 amide bonds. The third kappa shape index (κ3) is 1.62. The Labute approximate surface area is 101 Å². The van der Waals surface area contributed by atoms with Crippen molar-refractivity contribution >= 4 is 11.8 Å². The molecule has 3 rings (SSSR count). The summed E-state index contributed by atoms with van der Waals surface area (Å²) in [6.45, 7) is 2.31. The summed E-state index contributed by atoms with van der Waals surface area (Å²) in [5.74, 6) is 1.07. The summed E-state index contributed by atoms with van der Waals surface area (Å²) < 4.78 is 5.91. The smallest absolute Gasteiger partial charge is 0.123 e. The molecule has 2 nitrogen and oxygen atoms in total. The van der Waals surface area contributed by atoms with E-state index in [4.69, 9.17) is 4.74 Å². The molecule has 0 aromatic heterocycles. The van der Waals surface area contributed by atoms with Gasteiger partial charge in [0.1, 0.15) is 5.75 Å². The normalized spacial score (nSPS) is 22.1. The van der Waals surface area contributed by atoms with Crippen LogP contribution in [0.4, 0.5) is 0 Å². The van der Waals surface area contributed by atoms with Gasteiger partial charge in [0.05, 0.1) is 7.11 Å². The maximum Gasteiger partial charge on any atom is 0.123 e. The molecule has 1 aromatic carbocycles. The van der Waals surface area contributed by atoms with Gasteiger partial charge in [-0.05, 0) is 44.5 Å². The summed E-state index contributed by atoms with van der Waals surface area (Å²) in [6.07, 6.45) is 3.73. The van der Waals surface area contributed by atoms with Crippen molar-refractivity contribution in [1.29, 1.82) is 0 Å². The molecule has 1 aromatic rings. The number of piperidine rings is 1. The number of fused-ring (bicyclic) bond motifs is 1. The minimum atomic E-state index is 0.447. The first-order valence-corrected chi connectivity index (χ1v) is 6.70. The van der Waals surface area contributed by atoms with Crippen LogP contribution in [0.3, 0.4) is 0 Å². The van der Waals surface area contributed by atoms with Gasteiger partial charge in [0.15, 0.2) is 0 Å². The molecule has 1 saturated heterocycles. The van der Waals surface area contributed by atoms with Crippen LogP contribution in [-0.4, -0.2) is 24.9 Å². The molecule has 2 aliphatic heterocycles. The Morgan fingerprint density at radius 3 is 2.88 bits per heavy atom. The Bertz CT molecular complexity index is 399. The fourth-order valence-electron chi connectivity index (χ4n) is 2.76. The standard InChI is InChI=1S/C13H17NOS/c1-15-11-3-2-4-12-10(11)9-13(16-12)5-7-14-8-6-13/h2-4,14H,5-9H2,1H3. The zero-order valence-corrected chi connectivity index (χ0v) is 10.4. The maximum absolute atomic E-state index is 5.46. The molecule has 86 valence electrons. The van der Waals surface area contributed by atoms with Crippen LogP contribution >= 0.6 is 11.8 Å². The van der Waals surface area contributed by atoms with E-state index in [1.165, 1.54) is 29.7 Å². The van der Waals surface area contributed by atoms with E-state index >= 15 is 0 Å². The number of hydrogen-bond acceptors (Lipinski definition) is 3. The Hall–Kier alpha value is -0.670. The van der Waals surface area contributed by atoms with Crippen molar-refractivity contribution in [3.8, 4) is 5.75 Å².